The molecule has 136 valence electrons. The standard InChI is InChI=1S/C16H14BrN3O4S2/c17-9-3-4-11-10(8-9)16(22)20-6-5-12(14(20)15(21)18-11)19-26(23,24)13-2-1-7-25-13/h1-4,7-8,12,14,19H,5-6H2,(H,18,21)/t12-,14-/m0/s1. The summed E-state index contributed by atoms with van der Waals surface area (Å²) in [6.45, 7) is 0.306. The molecule has 0 unspecified atom stereocenters. The number of anilines is 1. The van der Waals surface area contributed by atoms with Gasteiger partial charge in [0.2, 0.25) is 15.9 Å². The topological polar surface area (TPSA) is 95.6 Å². The first-order valence-corrected chi connectivity index (χ1v) is 11.0. The second-order valence-electron chi connectivity index (χ2n) is 6.07. The number of carbonyl (C=O) groups excluding carboxylic acids is 2. The largest absolute Gasteiger partial charge is 0.325 e. The lowest BCUT2D eigenvalue weighted by Crippen LogP contribution is -2.51. The summed E-state index contributed by atoms with van der Waals surface area (Å²) >= 11 is 4.43. The van der Waals surface area contributed by atoms with Gasteiger partial charge in [-0.25, -0.2) is 13.1 Å². The number of amides is 2. The average molecular weight is 456 g/mol. The van der Waals surface area contributed by atoms with E-state index in [0.717, 1.165) is 15.8 Å². The fourth-order valence-corrected chi connectivity index (χ4v) is 5.95. The molecule has 10 heteroatoms. The molecule has 26 heavy (non-hydrogen) atoms. The van der Waals surface area contributed by atoms with Gasteiger partial charge in [0.05, 0.1) is 17.3 Å². The number of rotatable bonds is 3. The first-order chi connectivity index (χ1) is 12.4. The van der Waals surface area contributed by atoms with Crippen molar-refractivity contribution < 1.29 is 18.0 Å². The van der Waals surface area contributed by atoms with Crippen LogP contribution in [0.2, 0.25) is 0 Å². The minimum Gasteiger partial charge on any atom is -0.325 e. The van der Waals surface area contributed by atoms with Gasteiger partial charge in [0.1, 0.15) is 10.3 Å². The van der Waals surface area contributed by atoms with Crippen LogP contribution in [-0.4, -0.2) is 43.8 Å². The highest BCUT2D eigenvalue weighted by molar-refractivity contribution is 9.10. The number of hydrogen-bond donors (Lipinski definition) is 2. The molecule has 2 N–H and O–H groups in total. The number of fused-ring (bicyclic) bond motifs is 2. The van der Waals surface area contributed by atoms with Gasteiger partial charge in [-0.3, -0.25) is 9.59 Å². The highest BCUT2D eigenvalue weighted by Crippen LogP contribution is 2.31. The zero-order valence-corrected chi connectivity index (χ0v) is 16.5. The van der Waals surface area contributed by atoms with E-state index in [1.807, 2.05) is 0 Å². The molecule has 1 fully saturated rings. The predicted molar refractivity (Wildman–Crippen MR) is 101 cm³/mol. The summed E-state index contributed by atoms with van der Waals surface area (Å²) in [6, 6.07) is 6.64. The van der Waals surface area contributed by atoms with Crippen molar-refractivity contribution in [1.29, 1.82) is 0 Å². The monoisotopic (exact) mass is 455 g/mol. The summed E-state index contributed by atoms with van der Waals surface area (Å²) < 4.78 is 28.5. The maximum atomic E-state index is 12.9. The van der Waals surface area contributed by atoms with Crippen LogP contribution in [0, 0.1) is 0 Å². The molecule has 2 amide bonds. The van der Waals surface area contributed by atoms with Crippen LogP contribution in [0.1, 0.15) is 16.8 Å². The third-order valence-corrected chi connectivity index (χ3v) is 7.84. The van der Waals surface area contributed by atoms with E-state index in [2.05, 4.69) is 26.0 Å². The molecule has 2 aromatic rings. The molecule has 4 rings (SSSR count). The van der Waals surface area contributed by atoms with Crippen LogP contribution in [0.4, 0.5) is 5.69 Å². The van der Waals surface area contributed by atoms with Crippen LogP contribution in [0.3, 0.4) is 0 Å². The zero-order valence-electron chi connectivity index (χ0n) is 13.3. The van der Waals surface area contributed by atoms with Crippen LogP contribution in [0.25, 0.3) is 0 Å². The van der Waals surface area contributed by atoms with Crippen molar-refractivity contribution in [1.82, 2.24) is 9.62 Å². The lowest BCUT2D eigenvalue weighted by atomic mass is 10.1. The molecule has 1 saturated heterocycles. The van der Waals surface area contributed by atoms with Gasteiger partial charge in [0.15, 0.2) is 0 Å². The Balaban J connectivity index is 1.66. The van der Waals surface area contributed by atoms with Crippen molar-refractivity contribution in [3.63, 3.8) is 0 Å². The number of nitrogens with one attached hydrogen (secondary N) is 2. The normalized spacial score (nSPS) is 22.6. The van der Waals surface area contributed by atoms with E-state index in [1.54, 1.807) is 29.6 Å². The van der Waals surface area contributed by atoms with Crippen molar-refractivity contribution in [3.8, 4) is 0 Å². The summed E-state index contributed by atoms with van der Waals surface area (Å²) in [5, 5.41) is 4.42. The molecule has 0 radical (unpaired) electrons. The van der Waals surface area contributed by atoms with E-state index < -0.39 is 28.0 Å². The second kappa shape index (κ2) is 6.45. The number of nitrogens with zero attached hydrogens (tertiary/aromatic N) is 1. The zero-order chi connectivity index (χ0) is 18.5. The highest BCUT2D eigenvalue weighted by Gasteiger charge is 2.46. The maximum Gasteiger partial charge on any atom is 0.256 e. The Hall–Kier alpha value is -1.75. The molecule has 1 aromatic heterocycles. The molecule has 0 aliphatic carbocycles. The summed E-state index contributed by atoms with van der Waals surface area (Å²) in [5.74, 6) is -0.682. The van der Waals surface area contributed by atoms with Gasteiger partial charge in [-0.15, -0.1) is 11.3 Å². The molecule has 1 aromatic carbocycles. The molecular weight excluding hydrogens is 442 g/mol. The molecule has 2 aliphatic rings. The van der Waals surface area contributed by atoms with Crippen molar-refractivity contribution in [2.24, 2.45) is 0 Å². The third kappa shape index (κ3) is 2.96. The SMILES string of the molecule is O=C1Nc2ccc(Br)cc2C(=O)N2CC[C@H](NS(=O)(=O)c3cccs3)[C@@H]12. The van der Waals surface area contributed by atoms with Crippen LogP contribution in [0.15, 0.2) is 44.4 Å². The van der Waals surface area contributed by atoms with E-state index in [0.29, 0.717) is 24.2 Å². The number of halogens is 1. The van der Waals surface area contributed by atoms with E-state index in [-0.39, 0.29) is 10.1 Å². The summed E-state index contributed by atoms with van der Waals surface area (Å²) in [6.07, 6.45) is 0.373. The van der Waals surface area contributed by atoms with Gasteiger partial charge in [0.25, 0.3) is 5.91 Å². The molecule has 0 spiro atoms. The number of carbonyl (C=O) groups is 2. The van der Waals surface area contributed by atoms with Crippen LogP contribution < -0.4 is 10.0 Å². The molecule has 3 heterocycles. The average Bonchev–Trinajstić information content (AvgIpc) is 3.23. The Morgan fingerprint density at radius 3 is 2.81 bits per heavy atom. The predicted octanol–water partition coefficient (Wildman–Crippen LogP) is 2.02. The number of thiophene rings is 1. The molecule has 2 atom stereocenters. The van der Waals surface area contributed by atoms with Gasteiger partial charge in [-0.05, 0) is 36.1 Å². The third-order valence-electron chi connectivity index (χ3n) is 4.46. The van der Waals surface area contributed by atoms with Crippen molar-refractivity contribution in [2.75, 3.05) is 11.9 Å². The summed E-state index contributed by atoms with van der Waals surface area (Å²) in [5.41, 5.74) is 0.814. The van der Waals surface area contributed by atoms with E-state index in [9.17, 15) is 18.0 Å². The van der Waals surface area contributed by atoms with Gasteiger partial charge in [0, 0.05) is 11.0 Å². The Morgan fingerprint density at radius 1 is 1.27 bits per heavy atom. The summed E-state index contributed by atoms with van der Waals surface area (Å²) in [7, 11) is -3.73. The Morgan fingerprint density at radius 2 is 2.08 bits per heavy atom. The van der Waals surface area contributed by atoms with Crippen LogP contribution in [-0.2, 0) is 14.8 Å². The fourth-order valence-electron chi connectivity index (χ4n) is 3.31. The van der Waals surface area contributed by atoms with Crippen LogP contribution >= 0.6 is 27.3 Å². The Labute approximate surface area is 162 Å². The smallest absolute Gasteiger partial charge is 0.256 e. The van der Waals surface area contributed by atoms with E-state index in [4.69, 9.17) is 0 Å². The fraction of sp³-hybridized carbons (Fsp3) is 0.250. The first kappa shape index (κ1) is 17.7. The number of hydrogen-bond acceptors (Lipinski definition) is 5. The minimum atomic E-state index is -3.73. The second-order valence-corrected chi connectivity index (χ2v) is 9.88. The number of benzene rings is 1. The molecule has 0 bridgehead atoms. The summed E-state index contributed by atoms with van der Waals surface area (Å²) in [4.78, 5) is 27.1. The van der Waals surface area contributed by atoms with Gasteiger partial charge < -0.3 is 10.2 Å². The van der Waals surface area contributed by atoms with E-state index >= 15 is 0 Å². The van der Waals surface area contributed by atoms with Crippen molar-refractivity contribution >= 4 is 54.8 Å². The Kier molecular flexibility index (Phi) is 4.38. The highest BCUT2D eigenvalue weighted by atomic mass is 79.9. The molecule has 0 saturated carbocycles. The lowest BCUT2D eigenvalue weighted by molar-refractivity contribution is -0.120. The quantitative estimate of drug-likeness (QED) is 0.739. The maximum absolute atomic E-state index is 12.9. The first-order valence-electron chi connectivity index (χ1n) is 7.84. The number of sulfonamides is 1. The minimum absolute atomic E-state index is 0.184. The molecular formula is C16H14BrN3O4S2. The van der Waals surface area contributed by atoms with Gasteiger partial charge in [-0.2, -0.15) is 0 Å². The van der Waals surface area contributed by atoms with Gasteiger partial charge in [-0.1, -0.05) is 22.0 Å². The van der Waals surface area contributed by atoms with Crippen molar-refractivity contribution in [3.05, 3.63) is 45.7 Å². The molecule has 2 aliphatic heterocycles. The van der Waals surface area contributed by atoms with Crippen molar-refractivity contribution in [2.45, 2.75) is 22.7 Å². The van der Waals surface area contributed by atoms with Gasteiger partial charge >= 0.3 is 0 Å². The Bertz CT molecular complexity index is 991. The lowest BCUT2D eigenvalue weighted by Gasteiger charge is -2.24. The molecule has 7 nitrogen and oxygen atoms in total. The van der Waals surface area contributed by atoms with E-state index in [1.165, 1.54) is 11.0 Å². The van der Waals surface area contributed by atoms with Crippen LogP contribution in [0.5, 0.6) is 0 Å².